The van der Waals surface area contributed by atoms with Crippen LogP contribution in [0.1, 0.15) is 25.5 Å². The van der Waals surface area contributed by atoms with Crippen molar-refractivity contribution in [2.45, 2.75) is 26.7 Å². The maximum atomic E-state index is 5.54. The van der Waals surface area contributed by atoms with Crippen molar-refractivity contribution in [3.05, 3.63) is 42.4 Å². The van der Waals surface area contributed by atoms with Crippen molar-refractivity contribution in [2.75, 3.05) is 60.8 Å². The third-order valence-corrected chi connectivity index (χ3v) is 7.24. The third kappa shape index (κ3) is 4.42. The summed E-state index contributed by atoms with van der Waals surface area (Å²) in [4.78, 5) is 25.9. The third-order valence-electron chi connectivity index (χ3n) is 7.24. The maximum Gasteiger partial charge on any atom is 0.231 e. The quantitative estimate of drug-likeness (QED) is 0.565. The van der Waals surface area contributed by atoms with Crippen LogP contribution in [-0.4, -0.2) is 66.0 Å². The standard InChI is InChI=1S/C26H31N7O2/c1-18-6-9-32(10-7-18)26-28-16-21(19(2)29-26)22-5-8-27-25(30-22)33-13-11-31(12-14-33)20-3-4-23-24(15-20)35-17-34-23/h3-5,8,15-16,18H,6-7,9-14,17H2,1-2H3. The van der Waals surface area contributed by atoms with Crippen molar-refractivity contribution in [2.24, 2.45) is 5.92 Å². The molecule has 0 bridgehead atoms. The summed E-state index contributed by atoms with van der Waals surface area (Å²) in [7, 11) is 0. The Morgan fingerprint density at radius 2 is 1.51 bits per heavy atom. The summed E-state index contributed by atoms with van der Waals surface area (Å²) in [6, 6.07) is 8.08. The Labute approximate surface area is 205 Å². The fraction of sp³-hybridized carbons (Fsp3) is 0.462. The minimum atomic E-state index is 0.297. The molecular formula is C26H31N7O2. The molecular weight excluding hydrogens is 442 g/mol. The molecule has 0 radical (unpaired) electrons. The van der Waals surface area contributed by atoms with Crippen LogP contribution < -0.4 is 24.2 Å². The van der Waals surface area contributed by atoms with Crippen LogP contribution in [0.3, 0.4) is 0 Å². The molecule has 3 aromatic rings. The molecule has 0 aliphatic carbocycles. The van der Waals surface area contributed by atoms with Gasteiger partial charge in [-0.15, -0.1) is 0 Å². The average molecular weight is 474 g/mol. The van der Waals surface area contributed by atoms with Crippen molar-refractivity contribution in [1.82, 2.24) is 19.9 Å². The number of piperazine rings is 1. The second-order valence-corrected chi connectivity index (χ2v) is 9.59. The molecule has 5 heterocycles. The summed E-state index contributed by atoms with van der Waals surface area (Å²) in [5.41, 5.74) is 3.93. The van der Waals surface area contributed by atoms with Gasteiger partial charge in [-0.05, 0) is 43.9 Å². The molecule has 1 aromatic carbocycles. The number of piperidine rings is 1. The number of rotatable bonds is 4. The van der Waals surface area contributed by atoms with Crippen molar-refractivity contribution in [3.63, 3.8) is 0 Å². The van der Waals surface area contributed by atoms with Gasteiger partial charge in [0, 0.05) is 69.0 Å². The van der Waals surface area contributed by atoms with Crippen molar-refractivity contribution < 1.29 is 9.47 Å². The molecule has 35 heavy (non-hydrogen) atoms. The molecule has 0 N–H and O–H groups in total. The van der Waals surface area contributed by atoms with Gasteiger partial charge in [-0.2, -0.15) is 0 Å². The zero-order chi connectivity index (χ0) is 23.8. The fourth-order valence-electron chi connectivity index (χ4n) is 4.96. The molecule has 0 spiro atoms. The van der Waals surface area contributed by atoms with Gasteiger partial charge in [0.1, 0.15) is 0 Å². The van der Waals surface area contributed by atoms with Gasteiger partial charge in [0.15, 0.2) is 11.5 Å². The van der Waals surface area contributed by atoms with E-state index in [1.807, 2.05) is 31.5 Å². The van der Waals surface area contributed by atoms with Crippen LogP contribution >= 0.6 is 0 Å². The molecule has 0 saturated carbocycles. The molecule has 0 amide bonds. The van der Waals surface area contributed by atoms with Crippen LogP contribution in [-0.2, 0) is 0 Å². The number of aryl methyl sites for hydroxylation is 1. The van der Waals surface area contributed by atoms with E-state index in [2.05, 4.69) is 38.7 Å². The molecule has 182 valence electrons. The Kier molecular flexibility index (Phi) is 5.75. The van der Waals surface area contributed by atoms with E-state index < -0.39 is 0 Å². The number of benzene rings is 1. The fourth-order valence-corrected chi connectivity index (χ4v) is 4.96. The summed E-state index contributed by atoms with van der Waals surface area (Å²) >= 11 is 0. The lowest BCUT2D eigenvalue weighted by Crippen LogP contribution is -2.47. The number of nitrogens with zero attached hydrogens (tertiary/aromatic N) is 7. The van der Waals surface area contributed by atoms with Crippen LogP contribution in [0.4, 0.5) is 17.6 Å². The van der Waals surface area contributed by atoms with Gasteiger partial charge < -0.3 is 24.2 Å². The van der Waals surface area contributed by atoms with E-state index in [0.717, 1.165) is 91.2 Å². The van der Waals surface area contributed by atoms with Crippen molar-refractivity contribution >= 4 is 17.6 Å². The molecule has 0 atom stereocenters. The summed E-state index contributed by atoms with van der Waals surface area (Å²) in [6.07, 6.45) is 6.14. The summed E-state index contributed by atoms with van der Waals surface area (Å²) in [5.74, 6) is 3.99. The zero-order valence-electron chi connectivity index (χ0n) is 20.4. The molecule has 9 heteroatoms. The highest BCUT2D eigenvalue weighted by Gasteiger charge is 2.23. The van der Waals surface area contributed by atoms with E-state index in [1.165, 1.54) is 12.8 Å². The second kappa shape index (κ2) is 9.20. The van der Waals surface area contributed by atoms with Gasteiger partial charge in [0.2, 0.25) is 18.7 Å². The molecule has 3 aliphatic rings. The molecule has 2 saturated heterocycles. The van der Waals surface area contributed by atoms with E-state index in [0.29, 0.717) is 6.79 Å². The van der Waals surface area contributed by atoms with E-state index in [9.17, 15) is 0 Å². The van der Waals surface area contributed by atoms with Gasteiger partial charge in [-0.25, -0.2) is 19.9 Å². The SMILES string of the molecule is Cc1nc(N2CCC(C)CC2)ncc1-c1ccnc(N2CCN(c3ccc4c(c3)OCO4)CC2)n1. The number of fused-ring (bicyclic) bond motifs is 1. The van der Waals surface area contributed by atoms with Gasteiger partial charge in [0.05, 0.1) is 11.4 Å². The van der Waals surface area contributed by atoms with Gasteiger partial charge in [0.25, 0.3) is 0 Å². The van der Waals surface area contributed by atoms with Gasteiger partial charge in [-0.1, -0.05) is 6.92 Å². The van der Waals surface area contributed by atoms with Crippen molar-refractivity contribution in [1.29, 1.82) is 0 Å². The first kappa shape index (κ1) is 21.9. The first-order valence-electron chi connectivity index (χ1n) is 12.5. The molecule has 9 nitrogen and oxygen atoms in total. The second-order valence-electron chi connectivity index (χ2n) is 9.59. The molecule has 2 fully saturated rings. The molecule has 6 rings (SSSR count). The maximum absolute atomic E-state index is 5.54. The summed E-state index contributed by atoms with van der Waals surface area (Å²) < 4.78 is 11.0. The van der Waals surface area contributed by atoms with Crippen LogP contribution in [0, 0.1) is 12.8 Å². The number of ether oxygens (including phenoxy) is 2. The zero-order valence-corrected chi connectivity index (χ0v) is 20.4. The first-order chi connectivity index (χ1) is 17.1. The number of hydrogen-bond donors (Lipinski definition) is 0. The highest BCUT2D eigenvalue weighted by molar-refractivity contribution is 5.63. The minimum Gasteiger partial charge on any atom is -0.454 e. The van der Waals surface area contributed by atoms with Crippen LogP contribution in [0.5, 0.6) is 11.5 Å². The Balaban J connectivity index is 1.14. The van der Waals surface area contributed by atoms with Crippen LogP contribution in [0.25, 0.3) is 11.3 Å². The Bertz CT molecular complexity index is 1200. The van der Waals surface area contributed by atoms with Gasteiger partial charge >= 0.3 is 0 Å². The monoisotopic (exact) mass is 473 g/mol. The van der Waals surface area contributed by atoms with Crippen LogP contribution in [0.2, 0.25) is 0 Å². The number of anilines is 3. The predicted molar refractivity (Wildman–Crippen MR) is 135 cm³/mol. The Hall–Kier alpha value is -3.62. The Morgan fingerprint density at radius 1 is 0.800 bits per heavy atom. The van der Waals surface area contributed by atoms with E-state index >= 15 is 0 Å². The highest BCUT2D eigenvalue weighted by atomic mass is 16.7. The summed E-state index contributed by atoms with van der Waals surface area (Å²) in [5, 5.41) is 0. The lowest BCUT2D eigenvalue weighted by molar-refractivity contribution is 0.174. The molecule has 3 aliphatic heterocycles. The Morgan fingerprint density at radius 3 is 2.31 bits per heavy atom. The van der Waals surface area contributed by atoms with Gasteiger partial charge in [-0.3, -0.25) is 0 Å². The van der Waals surface area contributed by atoms with Crippen molar-refractivity contribution in [3.8, 4) is 22.8 Å². The van der Waals surface area contributed by atoms with Crippen LogP contribution in [0.15, 0.2) is 36.7 Å². The molecule has 2 aromatic heterocycles. The summed E-state index contributed by atoms with van der Waals surface area (Å²) in [6.45, 7) is 10.2. The lowest BCUT2D eigenvalue weighted by atomic mass is 10.00. The molecule has 0 unspecified atom stereocenters. The number of hydrogen-bond acceptors (Lipinski definition) is 9. The minimum absolute atomic E-state index is 0.297. The van der Waals surface area contributed by atoms with E-state index in [1.54, 1.807) is 0 Å². The van der Waals surface area contributed by atoms with E-state index in [4.69, 9.17) is 24.4 Å². The topological polar surface area (TPSA) is 79.7 Å². The predicted octanol–water partition coefficient (Wildman–Crippen LogP) is 3.53. The largest absolute Gasteiger partial charge is 0.454 e. The lowest BCUT2D eigenvalue weighted by Gasteiger charge is -2.36. The number of aromatic nitrogens is 4. The average Bonchev–Trinajstić information content (AvgIpc) is 3.37. The first-order valence-corrected chi connectivity index (χ1v) is 12.5. The smallest absolute Gasteiger partial charge is 0.231 e. The normalized spacial score (nSPS) is 18.3. The highest BCUT2D eigenvalue weighted by Crippen LogP contribution is 2.36. The van der Waals surface area contributed by atoms with E-state index in [-0.39, 0.29) is 0 Å².